The van der Waals surface area contributed by atoms with Crippen LogP contribution in [0.5, 0.6) is 0 Å². The normalized spacial score (nSPS) is 48.0. The van der Waals surface area contributed by atoms with Crippen LogP contribution in [-0.2, 0) is 19.2 Å². The minimum absolute atomic E-state index is 0.0449. The highest BCUT2D eigenvalue weighted by molar-refractivity contribution is 6.06. The molecule has 0 radical (unpaired) electrons. The Morgan fingerprint density at radius 1 is 1.00 bits per heavy atom. The first-order valence-electron chi connectivity index (χ1n) is 11.0. The number of fused-ring (bicyclic) bond motifs is 3. The van der Waals surface area contributed by atoms with Crippen molar-refractivity contribution in [3.63, 3.8) is 0 Å². The van der Waals surface area contributed by atoms with E-state index < -0.39 is 73.2 Å². The Kier molecular flexibility index (Phi) is 6.56. The topological polar surface area (TPSA) is 190 Å². The first kappa shape index (κ1) is 23.5. The zero-order valence-electron chi connectivity index (χ0n) is 17.6. The molecule has 4 rings (SSSR count). The van der Waals surface area contributed by atoms with Crippen LogP contribution >= 0.6 is 0 Å². The van der Waals surface area contributed by atoms with Crippen LogP contribution in [-0.4, -0.2) is 109 Å². The minimum Gasteiger partial charge on any atom is -0.394 e. The van der Waals surface area contributed by atoms with Crippen LogP contribution in [0.4, 0.5) is 0 Å². The summed E-state index contributed by atoms with van der Waals surface area (Å²) in [4.78, 5) is 32.0. The fourth-order valence-electron chi connectivity index (χ4n) is 5.63. The molecule has 12 nitrogen and oxygen atoms in total. The lowest BCUT2D eigenvalue weighted by molar-refractivity contribution is -0.301. The fraction of sp³-hybridized carbons (Fsp3) is 0.850. The third kappa shape index (κ3) is 3.63. The number of ether oxygens (including phenoxy) is 1. The number of hydrogen-bond donors (Lipinski definition) is 6. The minimum atomic E-state index is -1.64. The molecule has 0 spiro atoms. The van der Waals surface area contributed by atoms with Crippen LogP contribution in [0.2, 0.25) is 0 Å². The number of likely N-dealkylation sites (tertiary alicyclic amines) is 1. The van der Waals surface area contributed by atoms with Gasteiger partial charge in [-0.3, -0.25) is 14.5 Å². The molecule has 2 aliphatic carbocycles. The van der Waals surface area contributed by atoms with Gasteiger partial charge in [-0.2, -0.15) is 0 Å². The van der Waals surface area contributed by atoms with Gasteiger partial charge < -0.3 is 40.2 Å². The zero-order chi connectivity index (χ0) is 23.3. The maximum atomic E-state index is 12.9. The first-order chi connectivity index (χ1) is 15.2. The lowest BCUT2D eigenvalue weighted by Crippen LogP contribution is -2.59. The van der Waals surface area contributed by atoms with Crippen molar-refractivity contribution in [2.75, 3.05) is 13.2 Å². The van der Waals surface area contributed by atoms with E-state index >= 15 is 0 Å². The second-order valence-corrected chi connectivity index (χ2v) is 8.96. The van der Waals surface area contributed by atoms with E-state index in [1.54, 1.807) is 6.92 Å². The molecular formula is C20H30N2O10. The van der Waals surface area contributed by atoms with Gasteiger partial charge in [-0.05, 0) is 19.8 Å². The van der Waals surface area contributed by atoms with Gasteiger partial charge in [0, 0.05) is 24.8 Å². The van der Waals surface area contributed by atoms with Crippen molar-refractivity contribution in [3.8, 4) is 0 Å². The Morgan fingerprint density at radius 2 is 1.69 bits per heavy atom. The lowest BCUT2D eigenvalue weighted by atomic mass is 9.60. The lowest BCUT2D eigenvalue weighted by Gasteiger charge is -2.45. The third-order valence-corrected chi connectivity index (χ3v) is 7.31. The molecule has 2 heterocycles. The molecule has 32 heavy (non-hydrogen) atoms. The number of aliphatic hydroxyl groups is 6. The smallest absolute Gasteiger partial charge is 0.256 e. The standard InChI is InChI=1S/C20H30N2O10/c1-2-22-18(29)8-4-3-7-9(5-10(24)14(25)12(7)13(8)19(22)30)21-32-20-17(28)16(27)15(26)11(6-23)31-20/h7-8,10-17,20,23-28H,2-6H2,1H3/b21-9+/t7-,8-,10-,11-,12+,13-,14-,15-,16+,17-,20+/m1/s1. The van der Waals surface area contributed by atoms with E-state index in [1.165, 1.54) is 4.90 Å². The number of carbonyl (C=O) groups is 2. The summed E-state index contributed by atoms with van der Waals surface area (Å²) >= 11 is 0. The van der Waals surface area contributed by atoms with E-state index in [4.69, 9.17) is 9.57 Å². The molecule has 11 atom stereocenters. The maximum Gasteiger partial charge on any atom is 0.256 e. The fourth-order valence-corrected chi connectivity index (χ4v) is 5.63. The largest absolute Gasteiger partial charge is 0.394 e. The molecule has 0 aromatic heterocycles. The Balaban J connectivity index is 1.56. The quantitative estimate of drug-likeness (QED) is 0.186. The van der Waals surface area contributed by atoms with Gasteiger partial charge in [0.15, 0.2) is 0 Å². The summed E-state index contributed by atoms with van der Waals surface area (Å²) in [5.41, 5.74) is 0.346. The SMILES string of the molecule is CCN1C(=O)[C@H]2[C@H]3[C@H](O)[C@H](O)C/C(=N\O[C@@H]4O[C@H](CO)[C@@H](O)[C@H](O)[C@H]4O)[C@H]3CC[C@H]2C1=O. The molecule has 2 aliphatic heterocycles. The molecule has 0 unspecified atom stereocenters. The predicted molar refractivity (Wildman–Crippen MR) is 105 cm³/mol. The van der Waals surface area contributed by atoms with E-state index in [2.05, 4.69) is 5.16 Å². The van der Waals surface area contributed by atoms with Gasteiger partial charge in [0.2, 0.25) is 11.8 Å². The molecule has 0 aromatic carbocycles. The highest BCUT2D eigenvalue weighted by Crippen LogP contribution is 2.49. The Labute approximate surface area is 184 Å². The van der Waals surface area contributed by atoms with Gasteiger partial charge in [-0.15, -0.1) is 0 Å². The van der Waals surface area contributed by atoms with Gasteiger partial charge in [0.1, 0.15) is 24.4 Å². The molecule has 6 N–H and O–H groups in total. The van der Waals surface area contributed by atoms with E-state index in [0.717, 1.165) is 0 Å². The third-order valence-electron chi connectivity index (χ3n) is 7.31. The van der Waals surface area contributed by atoms with Crippen molar-refractivity contribution in [2.45, 2.75) is 69.1 Å². The summed E-state index contributed by atoms with van der Waals surface area (Å²) in [7, 11) is 0. The van der Waals surface area contributed by atoms with Gasteiger partial charge in [0.05, 0.1) is 36.4 Å². The second-order valence-electron chi connectivity index (χ2n) is 8.96. The summed E-state index contributed by atoms with van der Waals surface area (Å²) < 4.78 is 5.28. The molecule has 2 saturated carbocycles. The van der Waals surface area contributed by atoms with Crippen LogP contribution in [0.15, 0.2) is 5.16 Å². The Hall–Kier alpha value is -1.67. The maximum absolute atomic E-state index is 12.9. The van der Waals surface area contributed by atoms with Crippen LogP contribution < -0.4 is 0 Å². The van der Waals surface area contributed by atoms with Crippen molar-refractivity contribution in [1.82, 2.24) is 4.90 Å². The average Bonchev–Trinajstić information content (AvgIpc) is 3.03. The number of oxime groups is 1. The molecule has 4 fully saturated rings. The van der Waals surface area contributed by atoms with E-state index in [9.17, 15) is 40.2 Å². The van der Waals surface area contributed by atoms with Gasteiger partial charge in [-0.1, -0.05) is 5.16 Å². The van der Waals surface area contributed by atoms with Crippen molar-refractivity contribution in [1.29, 1.82) is 0 Å². The molecular weight excluding hydrogens is 428 g/mol. The monoisotopic (exact) mass is 458 g/mol. The van der Waals surface area contributed by atoms with Crippen LogP contribution in [0.1, 0.15) is 26.2 Å². The molecule has 2 amide bonds. The van der Waals surface area contributed by atoms with Crippen LogP contribution in [0.25, 0.3) is 0 Å². The molecule has 180 valence electrons. The number of imide groups is 1. The number of hydrogen-bond acceptors (Lipinski definition) is 11. The zero-order valence-corrected chi connectivity index (χ0v) is 17.6. The van der Waals surface area contributed by atoms with Crippen LogP contribution in [0, 0.1) is 23.7 Å². The average molecular weight is 458 g/mol. The molecule has 0 bridgehead atoms. The van der Waals surface area contributed by atoms with E-state index in [0.29, 0.717) is 18.6 Å². The number of rotatable bonds is 4. The van der Waals surface area contributed by atoms with Crippen molar-refractivity contribution < 1.29 is 49.8 Å². The van der Waals surface area contributed by atoms with Gasteiger partial charge in [0.25, 0.3) is 6.29 Å². The van der Waals surface area contributed by atoms with Gasteiger partial charge in [-0.25, -0.2) is 0 Å². The number of amides is 2. The summed E-state index contributed by atoms with van der Waals surface area (Å²) in [6, 6.07) is 0. The molecule has 2 saturated heterocycles. The second kappa shape index (κ2) is 8.93. The first-order valence-corrected chi connectivity index (χ1v) is 11.0. The van der Waals surface area contributed by atoms with Crippen molar-refractivity contribution >= 4 is 17.5 Å². The Bertz CT molecular complexity index is 775. The number of aliphatic hydroxyl groups excluding tert-OH is 6. The van der Waals surface area contributed by atoms with Gasteiger partial charge >= 0.3 is 0 Å². The summed E-state index contributed by atoms with van der Waals surface area (Å²) in [5, 5.41) is 64.4. The van der Waals surface area contributed by atoms with E-state index in [1.807, 2.05) is 0 Å². The molecule has 0 aromatic rings. The van der Waals surface area contributed by atoms with E-state index in [-0.39, 0.29) is 24.8 Å². The van der Waals surface area contributed by atoms with Crippen LogP contribution in [0.3, 0.4) is 0 Å². The predicted octanol–water partition coefficient (Wildman–Crippen LogP) is -3.07. The van der Waals surface area contributed by atoms with Crippen molar-refractivity contribution in [2.24, 2.45) is 28.8 Å². The summed E-state index contributed by atoms with van der Waals surface area (Å²) in [6.07, 6.45) is -9.08. The number of carbonyl (C=O) groups excluding carboxylic acids is 2. The van der Waals surface area contributed by atoms with Crippen molar-refractivity contribution in [3.05, 3.63) is 0 Å². The highest BCUT2D eigenvalue weighted by atomic mass is 16.8. The number of nitrogens with zero attached hydrogens (tertiary/aromatic N) is 2. The summed E-state index contributed by atoms with van der Waals surface area (Å²) in [6.45, 7) is 1.32. The Morgan fingerprint density at radius 3 is 2.34 bits per heavy atom. The summed E-state index contributed by atoms with van der Waals surface area (Å²) in [5.74, 6) is -3.08. The molecule has 12 heteroatoms. The molecule has 4 aliphatic rings. The highest BCUT2D eigenvalue weighted by Gasteiger charge is 2.59.